The summed E-state index contributed by atoms with van der Waals surface area (Å²) in [5.41, 5.74) is 13.6. The Bertz CT molecular complexity index is 1840. The van der Waals surface area contributed by atoms with Crippen molar-refractivity contribution < 1.29 is 0 Å². The summed E-state index contributed by atoms with van der Waals surface area (Å²) in [6, 6.07) is 48.2. The van der Waals surface area contributed by atoms with E-state index in [1.807, 2.05) is 11.3 Å². The molecule has 0 N–H and O–H groups in total. The molecule has 0 fully saturated rings. The van der Waals surface area contributed by atoms with Gasteiger partial charge in [-0.05, 0) is 88.5 Å². The molecule has 5 aromatic carbocycles. The number of thiophene rings is 1. The van der Waals surface area contributed by atoms with E-state index in [4.69, 9.17) is 4.99 Å². The third kappa shape index (κ3) is 4.72. The van der Waals surface area contributed by atoms with Crippen molar-refractivity contribution in [3.8, 4) is 43.1 Å². The molecule has 0 amide bonds. The van der Waals surface area contributed by atoms with Gasteiger partial charge in [-0.1, -0.05) is 109 Å². The second kappa shape index (κ2) is 10.6. The monoisotopic (exact) mass is 531 g/mol. The highest BCUT2D eigenvalue weighted by Gasteiger charge is 2.20. The van der Waals surface area contributed by atoms with Gasteiger partial charge in [0.05, 0.1) is 5.69 Å². The van der Waals surface area contributed by atoms with Crippen molar-refractivity contribution in [2.45, 2.75) is 19.8 Å². The normalized spacial score (nSPS) is 13.5. The van der Waals surface area contributed by atoms with Gasteiger partial charge in [0, 0.05) is 21.0 Å². The van der Waals surface area contributed by atoms with Gasteiger partial charge in [0.15, 0.2) is 0 Å². The van der Waals surface area contributed by atoms with Gasteiger partial charge in [-0.2, -0.15) is 0 Å². The smallest absolute Gasteiger partial charge is 0.0662 e. The Morgan fingerprint density at radius 1 is 0.500 bits per heavy atom. The second-order valence-electron chi connectivity index (χ2n) is 10.4. The summed E-state index contributed by atoms with van der Waals surface area (Å²) in [5.74, 6) is 0. The Morgan fingerprint density at radius 3 is 1.95 bits per heavy atom. The van der Waals surface area contributed by atoms with Crippen LogP contribution in [0.3, 0.4) is 0 Å². The number of benzene rings is 5. The lowest BCUT2D eigenvalue weighted by Gasteiger charge is -2.13. The van der Waals surface area contributed by atoms with Gasteiger partial charge >= 0.3 is 0 Å². The number of nitrogens with zero attached hydrogens (tertiary/aromatic N) is 1. The summed E-state index contributed by atoms with van der Waals surface area (Å²) in [7, 11) is 0. The molecule has 1 heterocycles. The van der Waals surface area contributed by atoms with Crippen LogP contribution in [0.15, 0.2) is 138 Å². The Balaban J connectivity index is 1.27. The van der Waals surface area contributed by atoms with E-state index in [0.717, 1.165) is 24.2 Å². The van der Waals surface area contributed by atoms with E-state index in [1.54, 1.807) is 0 Å². The van der Waals surface area contributed by atoms with Crippen LogP contribution in [0, 0.1) is 6.92 Å². The van der Waals surface area contributed by atoms with Gasteiger partial charge in [-0.15, -0.1) is 11.3 Å². The molecule has 192 valence electrons. The van der Waals surface area contributed by atoms with Gasteiger partial charge in [-0.3, -0.25) is 4.99 Å². The number of fused-ring (bicyclic) bond motifs is 3. The molecule has 0 saturated heterocycles. The lowest BCUT2D eigenvalue weighted by atomic mass is 9.92. The molecular formula is C38H29NS. The Hall–Kier alpha value is -4.53. The molecule has 1 nitrogen and oxygen atoms in total. The predicted octanol–water partition coefficient (Wildman–Crippen LogP) is 10.8. The maximum Gasteiger partial charge on any atom is 0.0662 e. The van der Waals surface area contributed by atoms with Crippen molar-refractivity contribution in [1.82, 2.24) is 0 Å². The highest BCUT2D eigenvalue weighted by atomic mass is 32.1. The number of para-hydroxylation sites is 1. The summed E-state index contributed by atoms with van der Waals surface area (Å²) in [6.07, 6.45) is 1.91. The first-order chi connectivity index (χ1) is 19.7. The van der Waals surface area contributed by atoms with Crippen molar-refractivity contribution in [2.24, 2.45) is 4.99 Å². The van der Waals surface area contributed by atoms with E-state index >= 15 is 0 Å². The third-order valence-electron chi connectivity index (χ3n) is 7.81. The number of aryl methyl sites for hydroxylation is 2. The summed E-state index contributed by atoms with van der Waals surface area (Å²) in [5, 5.41) is 0. The molecule has 1 aliphatic carbocycles. The fraction of sp³-hybridized carbons (Fsp3) is 0.0789. The average Bonchev–Trinajstić information content (AvgIpc) is 3.46. The molecule has 0 saturated carbocycles. The van der Waals surface area contributed by atoms with Crippen molar-refractivity contribution in [3.05, 3.63) is 150 Å². The minimum atomic E-state index is 0.920. The SMILES string of the molecule is Cc1ccccc1N=C1CCc2ccccc2-c2ccc(-c3ccc(-c4ccc(-c5ccccc5)s4)cc3)cc21. The first-order valence-electron chi connectivity index (χ1n) is 13.8. The van der Waals surface area contributed by atoms with Gasteiger partial charge in [-0.25, -0.2) is 0 Å². The Kier molecular flexibility index (Phi) is 6.47. The van der Waals surface area contributed by atoms with Crippen LogP contribution in [0.25, 0.3) is 43.1 Å². The van der Waals surface area contributed by atoms with Crippen LogP contribution < -0.4 is 0 Å². The van der Waals surface area contributed by atoms with Crippen LogP contribution in [-0.2, 0) is 6.42 Å². The van der Waals surface area contributed by atoms with Gasteiger partial charge in [0.2, 0.25) is 0 Å². The molecule has 0 unspecified atom stereocenters. The van der Waals surface area contributed by atoms with Crippen LogP contribution in [0.5, 0.6) is 0 Å². The molecule has 0 radical (unpaired) electrons. The zero-order valence-electron chi connectivity index (χ0n) is 22.5. The van der Waals surface area contributed by atoms with Crippen LogP contribution in [0.2, 0.25) is 0 Å². The number of hydrogen-bond donors (Lipinski definition) is 0. The maximum atomic E-state index is 5.24. The summed E-state index contributed by atoms with van der Waals surface area (Å²) in [6.45, 7) is 2.14. The van der Waals surface area contributed by atoms with Crippen LogP contribution in [-0.4, -0.2) is 5.71 Å². The highest BCUT2D eigenvalue weighted by Crippen LogP contribution is 2.38. The van der Waals surface area contributed by atoms with E-state index in [9.17, 15) is 0 Å². The third-order valence-corrected chi connectivity index (χ3v) is 8.99. The number of hydrogen-bond acceptors (Lipinski definition) is 2. The molecule has 40 heavy (non-hydrogen) atoms. The number of aliphatic imine (C=N–C) groups is 1. The molecule has 0 spiro atoms. The molecular weight excluding hydrogens is 502 g/mol. The minimum Gasteiger partial charge on any atom is -0.253 e. The maximum absolute atomic E-state index is 5.24. The van der Waals surface area contributed by atoms with Gasteiger partial charge in [0.1, 0.15) is 0 Å². The van der Waals surface area contributed by atoms with E-state index in [-0.39, 0.29) is 0 Å². The molecule has 6 aromatic rings. The molecule has 0 atom stereocenters. The summed E-state index contributed by atoms with van der Waals surface area (Å²) in [4.78, 5) is 7.82. The van der Waals surface area contributed by atoms with Crippen LogP contribution in [0.1, 0.15) is 23.1 Å². The van der Waals surface area contributed by atoms with E-state index in [0.29, 0.717) is 0 Å². The fourth-order valence-corrected chi connectivity index (χ4v) is 6.63. The zero-order valence-corrected chi connectivity index (χ0v) is 23.3. The fourth-order valence-electron chi connectivity index (χ4n) is 5.61. The molecule has 1 aliphatic rings. The van der Waals surface area contributed by atoms with Gasteiger partial charge in [0.25, 0.3) is 0 Å². The largest absolute Gasteiger partial charge is 0.253 e. The minimum absolute atomic E-state index is 0.920. The Morgan fingerprint density at radius 2 is 1.15 bits per heavy atom. The zero-order chi connectivity index (χ0) is 26.9. The molecule has 0 aliphatic heterocycles. The molecule has 7 rings (SSSR count). The first kappa shape index (κ1) is 24.5. The highest BCUT2D eigenvalue weighted by molar-refractivity contribution is 7.18. The Labute approximate surface area is 240 Å². The lowest BCUT2D eigenvalue weighted by molar-refractivity contribution is 1.05. The topological polar surface area (TPSA) is 12.4 Å². The van der Waals surface area contributed by atoms with Crippen molar-refractivity contribution in [1.29, 1.82) is 0 Å². The van der Waals surface area contributed by atoms with Gasteiger partial charge < -0.3 is 0 Å². The van der Waals surface area contributed by atoms with E-state index < -0.39 is 0 Å². The van der Waals surface area contributed by atoms with Crippen molar-refractivity contribution in [2.75, 3.05) is 0 Å². The molecule has 0 bridgehead atoms. The quantitative estimate of drug-likeness (QED) is 0.214. The predicted molar refractivity (Wildman–Crippen MR) is 172 cm³/mol. The summed E-state index contributed by atoms with van der Waals surface area (Å²) < 4.78 is 0. The van der Waals surface area contributed by atoms with E-state index in [1.165, 1.54) is 59.8 Å². The average molecular weight is 532 g/mol. The van der Waals surface area contributed by atoms with E-state index in [2.05, 4.69) is 140 Å². The second-order valence-corrected chi connectivity index (χ2v) is 11.5. The van der Waals surface area contributed by atoms with Crippen molar-refractivity contribution in [3.63, 3.8) is 0 Å². The van der Waals surface area contributed by atoms with Crippen LogP contribution in [0.4, 0.5) is 5.69 Å². The van der Waals surface area contributed by atoms with Crippen LogP contribution >= 0.6 is 11.3 Å². The lowest BCUT2D eigenvalue weighted by Crippen LogP contribution is -2.02. The summed E-state index contributed by atoms with van der Waals surface area (Å²) >= 11 is 1.84. The molecule has 2 heteroatoms. The first-order valence-corrected chi connectivity index (χ1v) is 14.7. The van der Waals surface area contributed by atoms with Crippen molar-refractivity contribution >= 4 is 22.7 Å². The molecule has 1 aromatic heterocycles. The standard InChI is InChI=1S/C38H29NS/c1-26-9-5-8-14-35(26)39-36-22-20-28-10-6-7-13-32(28)33-21-19-31(25-34(33)36)27-15-17-30(18-16-27)38-24-23-37(40-38)29-11-3-2-4-12-29/h2-19,21,23-25H,20,22H2,1H3. The number of rotatable bonds is 4.